The topological polar surface area (TPSA) is 77.2 Å². The molecule has 0 unspecified atom stereocenters. The second-order valence-corrected chi connectivity index (χ2v) is 5.19. The number of aromatic nitrogens is 1. The Morgan fingerprint density at radius 2 is 2.25 bits per heavy atom. The Bertz CT molecular complexity index is 663. The number of thiazole rings is 1. The fraction of sp³-hybridized carbons (Fsp3) is 0.308. The second kappa shape index (κ2) is 6.33. The third kappa shape index (κ3) is 3.24. The van der Waals surface area contributed by atoms with E-state index in [0.29, 0.717) is 18.8 Å². The molecule has 0 radical (unpaired) electrons. The first-order valence-corrected chi connectivity index (χ1v) is 7.15. The lowest BCUT2D eigenvalue weighted by Crippen LogP contribution is -2.13. The molecule has 1 aromatic carbocycles. The fourth-order valence-corrected chi connectivity index (χ4v) is 2.43. The second-order valence-electron chi connectivity index (χ2n) is 4.33. The highest BCUT2D eigenvalue weighted by Gasteiger charge is 2.14. The Morgan fingerprint density at radius 1 is 1.45 bits per heavy atom. The molecular formula is C13H15N3O3S. The monoisotopic (exact) mass is 293 g/mol. The minimum absolute atomic E-state index is 0.0357. The van der Waals surface area contributed by atoms with Crippen LogP contribution < -0.4 is 10.2 Å². The number of anilines is 1. The minimum Gasteiger partial charge on any atom is -0.379 e. The van der Waals surface area contributed by atoms with Gasteiger partial charge >= 0.3 is 4.87 Å². The van der Waals surface area contributed by atoms with E-state index < -0.39 is 4.92 Å². The van der Waals surface area contributed by atoms with Crippen LogP contribution in [0.2, 0.25) is 0 Å². The van der Waals surface area contributed by atoms with E-state index >= 15 is 0 Å². The standard InChI is InChI=1S/C13H15N3O3S/c1-2-5-14-11-8-10(3-4-12(11)16(18)19)9-15-6-7-20-13(15)17/h3-4,6-8,14H,2,5,9H2,1H3. The summed E-state index contributed by atoms with van der Waals surface area (Å²) >= 11 is 1.13. The number of nitrogens with zero attached hydrogens (tertiary/aromatic N) is 2. The predicted octanol–water partition coefficient (Wildman–Crippen LogP) is 2.69. The van der Waals surface area contributed by atoms with Crippen LogP contribution >= 0.6 is 11.3 Å². The van der Waals surface area contributed by atoms with Gasteiger partial charge in [0, 0.05) is 24.2 Å². The van der Waals surface area contributed by atoms with Crippen molar-refractivity contribution in [2.75, 3.05) is 11.9 Å². The minimum atomic E-state index is -0.404. The molecule has 0 atom stereocenters. The third-order valence-corrected chi connectivity index (χ3v) is 3.51. The van der Waals surface area contributed by atoms with E-state index in [1.807, 2.05) is 6.92 Å². The first-order chi connectivity index (χ1) is 9.61. The van der Waals surface area contributed by atoms with Gasteiger partial charge in [-0.05, 0) is 18.1 Å². The lowest BCUT2D eigenvalue weighted by Gasteiger charge is -2.08. The number of hydrogen-bond donors (Lipinski definition) is 1. The molecule has 0 saturated heterocycles. The molecule has 20 heavy (non-hydrogen) atoms. The smallest absolute Gasteiger partial charge is 0.307 e. The number of nitro groups is 1. The Kier molecular flexibility index (Phi) is 4.52. The molecule has 0 aliphatic rings. The van der Waals surface area contributed by atoms with Crippen LogP contribution in [0.3, 0.4) is 0 Å². The quantitative estimate of drug-likeness (QED) is 0.656. The number of nitro benzene ring substituents is 1. The molecule has 2 aromatic rings. The molecule has 0 fully saturated rings. The molecule has 0 spiro atoms. The summed E-state index contributed by atoms with van der Waals surface area (Å²) in [6.07, 6.45) is 2.60. The van der Waals surface area contributed by atoms with Crippen molar-refractivity contribution in [1.29, 1.82) is 0 Å². The predicted molar refractivity (Wildman–Crippen MR) is 79.6 cm³/mol. The van der Waals surface area contributed by atoms with Gasteiger partial charge in [0.2, 0.25) is 0 Å². The molecule has 1 N–H and O–H groups in total. The van der Waals surface area contributed by atoms with Crippen LogP contribution in [0.1, 0.15) is 18.9 Å². The molecule has 0 bridgehead atoms. The van der Waals surface area contributed by atoms with Crippen molar-refractivity contribution in [1.82, 2.24) is 4.57 Å². The highest BCUT2D eigenvalue weighted by Crippen LogP contribution is 2.25. The van der Waals surface area contributed by atoms with Gasteiger partial charge in [-0.1, -0.05) is 24.3 Å². The summed E-state index contributed by atoms with van der Waals surface area (Å²) in [7, 11) is 0. The summed E-state index contributed by atoms with van der Waals surface area (Å²) in [6.45, 7) is 3.08. The highest BCUT2D eigenvalue weighted by molar-refractivity contribution is 7.07. The normalized spacial score (nSPS) is 10.4. The van der Waals surface area contributed by atoms with Crippen molar-refractivity contribution in [2.45, 2.75) is 19.9 Å². The number of benzene rings is 1. The lowest BCUT2D eigenvalue weighted by molar-refractivity contribution is -0.384. The van der Waals surface area contributed by atoms with E-state index in [1.165, 1.54) is 6.07 Å². The van der Waals surface area contributed by atoms with Gasteiger partial charge in [0.25, 0.3) is 5.69 Å². The van der Waals surface area contributed by atoms with E-state index in [1.54, 1.807) is 28.3 Å². The molecule has 6 nitrogen and oxygen atoms in total. The van der Waals surface area contributed by atoms with Crippen molar-refractivity contribution in [3.8, 4) is 0 Å². The first kappa shape index (κ1) is 14.3. The maximum Gasteiger partial charge on any atom is 0.307 e. The summed E-state index contributed by atoms with van der Waals surface area (Å²) in [4.78, 5) is 22.1. The van der Waals surface area contributed by atoms with Gasteiger partial charge in [0.15, 0.2) is 0 Å². The summed E-state index contributed by atoms with van der Waals surface area (Å²) in [5.41, 5.74) is 1.41. The SMILES string of the molecule is CCCNc1cc(Cn2ccsc2=O)ccc1[N+](=O)[O-]. The summed E-state index contributed by atoms with van der Waals surface area (Å²) in [5, 5.41) is 15.8. The zero-order valence-corrected chi connectivity index (χ0v) is 11.9. The average Bonchev–Trinajstić information content (AvgIpc) is 2.82. The Labute approximate surface area is 119 Å². The fourth-order valence-electron chi connectivity index (χ4n) is 1.85. The lowest BCUT2D eigenvalue weighted by atomic mass is 10.1. The maximum absolute atomic E-state index is 11.5. The number of nitrogens with one attached hydrogen (secondary N) is 1. The van der Waals surface area contributed by atoms with E-state index in [9.17, 15) is 14.9 Å². The average molecular weight is 293 g/mol. The summed E-state index contributed by atoms with van der Waals surface area (Å²) in [6, 6.07) is 4.89. The van der Waals surface area contributed by atoms with Crippen LogP contribution in [-0.2, 0) is 6.54 Å². The molecule has 0 amide bonds. The molecule has 106 valence electrons. The zero-order chi connectivity index (χ0) is 14.5. The van der Waals surface area contributed by atoms with Crippen molar-refractivity contribution in [2.24, 2.45) is 0 Å². The molecule has 0 saturated carbocycles. The van der Waals surface area contributed by atoms with Crippen LogP contribution in [0.4, 0.5) is 11.4 Å². The molecular weight excluding hydrogens is 278 g/mol. The van der Waals surface area contributed by atoms with Gasteiger partial charge in [-0.15, -0.1) is 0 Å². The van der Waals surface area contributed by atoms with E-state index in [2.05, 4.69) is 5.32 Å². The van der Waals surface area contributed by atoms with Crippen LogP contribution in [0.15, 0.2) is 34.6 Å². The van der Waals surface area contributed by atoms with Crippen LogP contribution in [0, 0.1) is 10.1 Å². The van der Waals surface area contributed by atoms with E-state index in [4.69, 9.17) is 0 Å². The zero-order valence-electron chi connectivity index (χ0n) is 11.0. The van der Waals surface area contributed by atoms with Gasteiger partial charge in [-0.2, -0.15) is 0 Å². The first-order valence-electron chi connectivity index (χ1n) is 6.27. The van der Waals surface area contributed by atoms with Crippen molar-refractivity contribution < 1.29 is 4.92 Å². The molecule has 1 aromatic heterocycles. The Morgan fingerprint density at radius 3 is 2.85 bits per heavy atom. The van der Waals surface area contributed by atoms with Gasteiger partial charge in [-0.25, -0.2) is 0 Å². The van der Waals surface area contributed by atoms with Crippen molar-refractivity contribution in [3.05, 3.63) is 55.1 Å². The molecule has 0 aliphatic heterocycles. The summed E-state index contributed by atoms with van der Waals surface area (Å²) < 4.78 is 1.58. The third-order valence-electron chi connectivity index (χ3n) is 2.82. The molecule has 2 rings (SSSR count). The van der Waals surface area contributed by atoms with Gasteiger partial charge < -0.3 is 9.88 Å². The Hall–Kier alpha value is -2.15. The molecule has 7 heteroatoms. The van der Waals surface area contributed by atoms with Crippen molar-refractivity contribution in [3.63, 3.8) is 0 Å². The molecule has 1 heterocycles. The molecule has 0 aliphatic carbocycles. The van der Waals surface area contributed by atoms with Crippen LogP contribution in [0.25, 0.3) is 0 Å². The van der Waals surface area contributed by atoms with E-state index in [-0.39, 0.29) is 10.6 Å². The maximum atomic E-state index is 11.5. The largest absolute Gasteiger partial charge is 0.379 e. The Balaban J connectivity index is 2.29. The number of rotatable bonds is 6. The van der Waals surface area contributed by atoms with Crippen molar-refractivity contribution >= 4 is 22.7 Å². The van der Waals surface area contributed by atoms with E-state index in [0.717, 1.165) is 23.3 Å². The summed E-state index contributed by atoms with van der Waals surface area (Å²) in [5.74, 6) is 0. The number of hydrogen-bond acceptors (Lipinski definition) is 5. The van der Waals surface area contributed by atoms with Gasteiger partial charge in [0.1, 0.15) is 5.69 Å². The van der Waals surface area contributed by atoms with Crippen LogP contribution in [-0.4, -0.2) is 16.0 Å². The highest BCUT2D eigenvalue weighted by atomic mass is 32.1. The van der Waals surface area contributed by atoms with Gasteiger partial charge in [0.05, 0.1) is 11.5 Å². The van der Waals surface area contributed by atoms with Crippen LogP contribution in [0.5, 0.6) is 0 Å². The van der Waals surface area contributed by atoms with Gasteiger partial charge in [-0.3, -0.25) is 14.9 Å².